The number of ether oxygens (including phenoxy) is 1. The SMILES string of the molecule is CCOc1ccc(CC(=O)NC[C@@H](c2cccs2)S(=O)(=O)c2ccc(F)c(C)c2)cc1. The van der Waals surface area contributed by atoms with Gasteiger partial charge in [-0.25, -0.2) is 12.8 Å². The van der Waals surface area contributed by atoms with Gasteiger partial charge >= 0.3 is 0 Å². The second kappa shape index (κ2) is 10.1. The molecule has 0 aliphatic carbocycles. The van der Waals surface area contributed by atoms with Crippen LogP contribution in [0.1, 0.15) is 28.2 Å². The molecule has 0 unspecified atom stereocenters. The lowest BCUT2D eigenvalue weighted by atomic mass is 10.1. The third-order valence-corrected chi connectivity index (χ3v) is 7.99. The van der Waals surface area contributed by atoms with Crippen LogP contribution in [0.5, 0.6) is 5.75 Å². The summed E-state index contributed by atoms with van der Waals surface area (Å²) in [5.41, 5.74) is 1.05. The van der Waals surface area contributed by atoms with Crippen LogP contribution in [-0.2, 0) is 21.1 Å². The summed E-state index contributed by atoms with van der Waals surface area (Å²) in [7, 11) is -3.83. The number of aryl methyl sites for hydroxylation is 1. The number of sulfone groups is 1. The molecular weight excluding hydrogens is 437 g/mol. The fraction of sp³-hybridized carbons (Fsp3) is 0.261. The normalized spacial score (nSPS) is 12.4. The van der Waals surface area contributed by atoms with E-state index in [1.165, 1.54) is 30.4 Å². The van der Waals surface area contributed by atoms with E-state index in [1.807, 2.05) is 6.92 Å². The van der Waals surface area contributed by atoms with Crippen LogP contribution in [0.15, 0.2) is 64.9 Å². The minimum absolute atomic E-state index is 0.0329. The molecule has 1 N–H and O–H groups in total. The molecule has 0 radical (unpaired) electrons. The quantitative estimate of drug-likeness (QED) is 0.477. The number of amides is 1. The first-order chi connectivity index (χ1) is 14.8. The first-order valence-electron chi connectivity index (χ1n) is 9.83. The van der Waals surface area contributed by atoms with Gasteiger partial charge in [-0.1, -0.05) is 18.2 Å². The molecule has 2 aromatic carbocycles. The van der Waals surface area contributed by atoms with Gasteiger partial charge in [0, 0.05) is 11.4 Å². The molecule has 0 saturated heterocycles. The van der Waals surface area contributed by atoms with E-state index in [0.29, 0.717) is 11.5 Å². The Morgan fingerprint density at radius 1 is 1.16 bits per heavy atom. The van der Waals surface area contributed by atoms with Crippen molar-refractivity contribution in [2.45, 2.75) is 30.4 Å². The summed E-state index contributed by atoms with van der Waals surface area (Å²) in [6.45, 7) is 3.90. The van der Waals surface area contributed by atoms with Gasteiger partial charge in [-0.3, -0.25) is 4.79 Å². The Labute approximate surface area is 185 Å². The lowest BCUT2D eigenvalue weighted by molar-refractivity contribution is -0.120. The van der Waals surface area contributed by atoms with E-state index >= 15 is 0 Å². The maximum Gasteiger partial charge on any atom is 0.224 e. The molecule has 5 nitrogen and oxygen atoms in total. The maximum absolute atomic E-state index is 13.6. The molecule has 3 aromatic rings. The number of halogens is 1. The smallest absolute Gasteiger partial charge is 0.224 e. The molecule has 1 amide bonds. The Kier molecular flexibility index (Phi) is 7.46. The van der Waals surface area contributed by atoms with Crippen molar-refractivity contribution in [2.75, 3.05) is 13.2 Å². The van der Waals surface area contributed by atoms with Crippen LogP contribution < -0.4 is 10.1 Å². The van der Waals surface area contributed by atoms with E-state index < -0.39 is 20.9 Å². The van der Waals surface area contributed by atoms with Gasteiger partial charge in [-0.15, -0.1) is 11.3 Å². The number of hydrogen-bond acceptors (Lipinski definition) is 5. The van der Waals surface area contributed by atoms with Gasteiger partial charge < -0.3 is 10.1 Å². The highest BCUT2D eigenvalue weighted by atomic mass is 32.2. The fourth-order valence-corrected chi connectivity index (χ4v) is 5.99. The zero-order valence-electron chi connectivity index (χ0n) is 17.3. The van der Waals surface area contributed by atoms with Crippen LogP contribution in [0.2, 0.25) is 0 Å². The molecule has 164 valence electrons. The largest absolute Gasteiger partial charge is 0.494 e. The van der Waals surface area contributed by atoms with E-state index in [4.69, 9.17) is 4.74 Å². The average Bonchev–Trinajstić information content (AvgIpc) is 3.26. The van der Waals surface area contributed by atoms with Crippen molar-refractivity contribution >= 4 is 27.1 Å². The number of benzene rings is 2. The molecule has 8 heteroatoms. The van der Waals surface area contributed by atoms with Gasteiger partial charge in [-0.2, -0.15) is 0 Å². The van der Waals surface area contributed by atoms with Crippen molar-refractivity contribution in [3.63, 3.8) is 0 Å². The van der Waals surface area contributed by atoms with E-state index in [0.717, 1.165) is 17.4 Å². The summed E-state index contributed by atoms with van der Waals surface area (Å²) in [6.07, 6.45) is 0.124. The van der Waals surface area contributed by atoms with Gasteiger partial charge in [0.25, 0.3) is 0 Å². The number of rotatable bonds is 9. The van der Waals surface area contributed by atoms with Crippen molar-refractivity contribution in [1.82, 2.24) is 5.32 Å². The number of hydrogen-bond donors (Lipinski definition) is 1. The third kappa shape index (κ3) is 5.71. The summed E-state index contributed by atoms with van der Waals surface area (Å²) >= 11 is 1.30. The molecule has 0 aliphatic rings. The molecule has 3 rings (SSSR count). The van der Waals surface area contributed by atoms with Crippen molar-refractivity contribution in [3.05, 3.63) is 81.8 Å². The highest BCUT2D eigenvalue weighted by Crippen LogP contribution is 2.32. The maximum atomic E-state index is 13.6. The van der Waals surface area contributed by atoms with Crippen LogP contribution in [-0.4, -0.2) is 27.5 Å². The molecule has 1 heterocycles. The molecule has 0 spiro atoms. The summed E-state index contributed by atoms with van der Waals surface area (Å²) in [4.78, 5) is 13.1. The Morgan fingerprint density at radius 2 is 1.90 bits per heavy atom. The standard InChI is InChI=1S/C23H24FNO4S2/c1-3-29-18-8-6-17(7-9-18)14-23(26)25-15-22(21-5-4-12-30-21)31(27,28)19-10-11-20(24)16(2)13-19/h4-13,22H,3,14-15H2,1-2H3,(H,25,26)/t22-/m0/s1. The minimum atomic E-state index is -3.83. The second-order valence-corrected chi connectivity index (χ2v) is 10.1. The van der Waals surface area contributed by atoms with Crippen LogP contribution in [0.25, 0.3) is 0 Å². The fourth-order valence-electron chi connectivity index (χ4n) is 3.12. The van der Waals surface area contributed by atoms with Gasteiger partial charge in [0.1, 0.15) is 16.8 Å². The molecule has 0 fully saturated rings. The van der Waals surface area contributed by atoms with Gasteiger partial charge in [-0.05, 0) is 66.8 Å². The Balaban J connectivity index is 1.74. The first-order valence-corrected chi connectivity index (χ1v) is 12.3. The van der Waals surface area contributed by atoms with E-state index in [9.17, 15) is 17.6 Å². The summed E-state index contributed by atoms with van der Waals surface area (Å²) in [5.74, 6) is -0.0170. The average molecular weight is 462 g/mol. The molecule has 0 saturated carbocycles. The van der Waals surface area contributed by atoms with E-state index in [2.05, 4.69) is 5.32 Å². The highest BCUT2D eigenvalue weighted by Gasteiger charge is 2.30. The predicted octanol–water partition coefficient (Wildman–Crippen LogP) is 4.47. The third-order valence-electron chi connectivity index (χ3n) is 4.78. The molecule has 1 atom stereocenters. The minimum Gasteiger partial charge on any atom is -0.494 e. The van der Waals surface area contributed by atoms with Crippen LogP contribution in [0.4, 0.5) is 4.39 Å². The Morgan fingerprint density at radius 3 is 2.52 bits per heavy atom. The van der Waals surface area contributed by atoms with Gasteiger partial charge in [0.05, 0.1) is 17.9 Å². The van der Waals surface area contributed by atoms with Gasteiger partial charge in [0.2, 0.25) is 5.91 Å². The number of nitrogens with one attached hydrogen (secondary N) is 1. The number of carbonyl (C=O) groups is 1. The monoisotopic (exact) mass is 461 g/mol. The predicted molar refractivity (Wildman–Crippen MR) is 120 cm³/mol. The van der Waals surface area contributed by atoms with Crippen molar-refractivity contribution < 1.29 is 22.3 Å². The second-order valence-electron chi connectivity index (χ2n) is 7.02. The topological polar surface area (TPSA) is 72.5 Å². The summed E-state index contributed by atoms with van der Waals surface area (Å²) in [5, 5.41) is 3.57. The van der Waals surface area contributed by atoms with Gasteiger partial charge in [0.15, 0.2) is 9.84 Å². The molecule has 31 heavy (non-hydrogen) atoms. The highest BCUT2D eigenvalue weighted by molar-refractivity contribution is 7.91. The zero-order valence-corrected chi connectivity index (χ0v) is 18.9. The van der Waals surface area contributed by atoms with Crippen LogP contribution in [0.3, 0.4) is 0 Å². The zero-order chi connectivity index (χ0) is 22.4. The van der Waals surface area contributed by atoms with E-state index in [-0.39, 0.29) is 29.3 Å². The van der Waals surface area contributed by atoms with Crippen molar-refractivity contribution in [3.8, 4) is 5.75 Å². The van der Waals surface area contributed by atoms with Crippen LogP contribution in [0, 0.1) is 12.7 Å². The Hall–Kier alpha value is -2.71. The number of thiophene rings is 1. The lowest BCUT2D eigenvalue weighted by Crippen LogP contribution is -2.32. The lowest BCUT2D eigenvalue weighted by Gasteiger charge is -2.18. The molecule has 0 bridgehead atoms. The molecule has 1 aromatic heterocycles. The Bertz CT molecular complexity index is 1130. The summed E-state index contributed by atoms with van der Waals surface area (Å²) < 4.78 is 45.6. The van der Waals surface area contributed by atoms with Crippen molar-refractivity contribution in [2.24, 2.45) is 0 Å². The van der Waals surface area contributed by atoms with E-state index in [1.54, 1.807) is 41.8 Å². The van der Waals surface area contributed by atoms with Crippen molar-refractivity contribution in [1.29, 1.82) is 0 Å². The molecule has 0 aliphatic heterocycles. The summed E-state index contributed by atoms with van der Waals surface area (Å²) in [6, 6.07) is 14.4. The first kappa shape index (κ1) is 23.0. The molecular formula is C23H24FNO4S2. The van der Waals surface area contributed by atoms with Crippen LogP contribution >= 0.6 is 11.3 Å². The number of carbonyl (C=O) groups excluding carboxylic acids is 1.